The predicted molar refractivity (Wildman–Crippen MR) is 76.0 cm³/mol. The monoisotopic (exact) mass is 311 g/mol. The maximum Gasteiger partial charge on any atom is 0.259 e. The fourth-order valence-electron chi connectivity index (χ4n) is 2.18. The van der Waals surface area contributed by atoms with Crippen molar-refractivity contribution in [1.82, 2.24) is 9.73 Å². The number of sulfonamides is 1. The minimum atomic E-state index is -3.64. The van der Waals surface area contributed by atoms with E-state index >= 15 is 0 Å². The molecule has 0 aromatic heterocycles. The van der Waals surface area contributed by atoms with Gasteiger partial charge in [0, 0.05) is 0 Å². The van der Waals surface area contributed by atoms with E-state index in [0.29, 0.717) is 11.1 Å². The number of rotatable bonds is 4. The van der Waals surface area contributed by atoms with Crippen molar-refractivity contribution in [2.24, 2.45) is 5.84 Å². The first kappa shape index (κ1) is 15.5. The SMILES string of the molecule is CC1(C)C(=O)N(Cc2ccccc2CC(=O)NN)S1(=O)=O. The van der Waals surface area contributed by atoms with E-state index in [1.54, 1.807) is 24.3 Å². The Bertz CT molecular complexity index is 697. The second-order valence-electron chi connectivity index (χ2n) is 5.34. The number of amides is 2. The van der Waals surface area contributed by atoms with Crippen molar-refractivity contribution in [2.75, 3.05) is 0 Å². The van der Waals surface area contributed by atoms with Crippen molar-refractivity contribution < 1.29 is 18.0 Å². The molecule has 0 spiro atoms. The first-order valence-electron chi connectivity index (χ1n) is 6.34. The Balaban J connectivity index is 2.26. The van der Waals surface area contributed by atoms with Crippen LogP contribution in [0.25, 0.3) is 0 Å². The summed E-state index contributed by atoms with van der Waals surface area (Å²) in [5, 5.41) is 0. The first-order chi connectivity index (χ1) is 9.71. The third kappa shape index (κ3) is 2.40. The Morgan fingerprint density at radius 3 is 2.38 bits per heavy atom. The summed E-state index contributed by atoms with van der Waals surface area (Å²) in [6, 6.07) is 6.85. The van der Waals surface area contributed by atoms with Gasteiger partial charge in [0.25, 0.3) is 15.9 Å². The molecule has 2 rings (SSSR count). The Morgan fingerprint density at radius 1 is 1.29 bits per heavy atom. The number of benzene rings is 1. The van der Waals surface area contributed by atoms with Crippen LogP contribution in [0.15, 0.2) is 24.3 Å². The molecule has 1 aliphatic heterocycles. The Kier molecular flexibility index (Phi) is 3.77. The van der Waals surface area contributed by atoms with E-state index in [1.165, 1.54) is 13.8 Å². The Hall–Kier alpha value is -1.93. The number of hydrazine groups is 1. The standard InChI is InChI=1S/C13H17N3O4S/c1-13(2)12(18)16(21(13,19)20)8-10-6-4-3-5-9(10)7-11(17)15-14/h3-6H,7-8,14H2,1-2H3,(H,15,17). The summed E-state index contributed by atoms with van der Waals surface area (Å²) in [7, 11) is -3.64. The highest BCUT2D eigenvalue weighted by molar-refractivity contribution is 7.94. The molecule has 0 bridgehead atoms. The first-order valence-corrected chi connectivity index (χ1v) is 7.78. The van der Waals surface area contributed by atoms with E-state index in [2.05, 4.69) is 0 Å². The molecule has 1 aliphatic rings. The highest BCUT2D eigenvalue weighted by atomic mass is 32.2. The molecule has 0 saturated carbocycles. The van der Waals surface area contributed by atoms with Crippen LogP contribution >= 0.6 is 0 Å². The fraction of sp³-hybridized carbons (Fsp3) is 0.385. The third-order valence-electron chi connectivity index (χ3n) is 3.62. The highest BCUT2D eigenvalue weighted by Crippen LogP contribution is 2.36. The molecule has 21 heavy (non-hydrogen) atoms. The van der Waals surface area contributed by atoms with Crippen LogP contribution in [0.4, 0.5) is 0 Å². The molecule has 0 radical (unpaired) electrons. The van der Waals surface area contributed by atoms with Gasteiger partial charge >= 0.3 is 0 Å². The average molecular weight is 311 g/mol. The molecule has 7 nitrogen and oxygen atoms in total. The van der Waals surface area contributed by atoms with Gasteiger partial charge in [0.2, 0.25) is 5.91 Å². The van der Waals surface area contributed by atoms with Gasteiger partial charge in [0.1, 0.15) is 0 Å². The van der Waals surface area contributed by atoms with Gasteiger partial charge in [-0.25, -0.2) is 18.6 Å². The molecule has 1 heterocycles. The molecule has 0 aliphatic carbocycles. The number of nitrogens with two attached hydrogens (primary N) is 1. The van der Waals surface area contributed by atoms with Gasteiger partial charge < -0.3 is 0 Å². The minimum Gasteiger partial charge on any atom is -0.294 e. The van der Waals surface area contributed by atoms with E-state index in [1.807, 2.05) is 5.43 Å². The van der Waals surface area contributed by atoms with Gasteiger partial charge in [-0.3, -0.25) is 15.0 Å². The number of nitrogens with one attached hydrogen (secondary N) is 1. The second kappa shape index (κ2) is 5.12. The van der Waals surface area contributed by atoms with Crippen molar-refractivity contribution in [2.45, 2.75) is 31.6 Å². The van der Waals surface area contributed by atoms with Gasteiger partial charge in [-0.15, -0.1) is 0 Å². The smallest absolute Gasteiger partial charge is 0.259 e. The van der Waals surface area contributed by atoms with Crippen LogP contribution in [0, 0.1) is 0 Å². The lowest BCUT2D eigenvalue weighted by atomic mass is 10.0. The zero-order valence-electron chi connectivity index (χ0n) is 11.8. The summed E-state index contributed by atoms with van der Waals surface area (Å²) in [5.41, 5.74) is 3.26. The minimum absolute atomic E-state index is 0.0259. The lowest BCUT2D eigenvalue weighted by molar-refractivity contribution is -0.132. The quantitative estimate of drug-likeness (QED) is 0.449. The lowest BCUT2D eigenvalue weighted by Crippen LogP contribution is -2.66. The molecule has 8 heteroatoms. The van der Waals surface area contributed by atoms with Gasteiger partial charge in [-0.05, 0) is 25.0 Å². The summed E-state index contributed by atoms with van der Waals surface area (Å²) < 4.78 is 23.6. The molecule has 2 amide bonds. The van der Waals surface area contributed by atoms with E-state index in [9.17, 15) is 18.0 Å². The molecular weight excluding hydrogens is 294 g/mol. The van der Waals surface area contributed by atoms with Crippen LogP contribution in [-0.4, -0.2) is 29.3 Å². The van der Waals surface area contributed by atoms with Gasteiger partial charge in [-0.1, -0.05) is 24.3 Å². The van der Waals surface area contributed by atoms with E-state index in [-0.39, 0.29) is 18.9 Å². The summed E-state index contributed by atoms with van der Waals surface area (Å²) in [5.74, 6) is 4.22. The van der Waals surface area contributed by atoms with Crippen LogP contribution in [0.5, 0.6) is 0 Å². The molecule has 114 valence electrons. The molecular formula is C13H17N3O4S. The van der Waals surface area contributed by atoms with Crippen LogP contribution < -0.4 is 11.3 Å². The van der Waals surface area contributed by atoms with Gasteiger partial charge in [0.05, 0.1) is 13.0 Å². The van der Waals surface area contributed by atoms with E-state index in [4.69, 9.17) is 5.84 Å². The van der Waals surface area contributed by atoms with Crippen LogP contribution in [0.3, 0.4) is 0 Å². The normalized spacial score (nSPS) is 19.0. The molecule has 1 saturated heterocycles. The van der Waals surface area contributed by atoms with E-state index < -0.39 is 20.7 Å². The summed E-state index contributed by atoms with van der Waals surface area (Å²) in [6.45, 7) is 2.70. The second-order valence-corrected chi connectivity index (χ2v) is 7.75. The molecule has 0 unspecified atom stereocenters. The third-order valence-corrected chi connectivity index (χ3v) is 5.96. The largest absolute Gasteiger partial charge is 0.294 e. The van der Waals surface area contributed by atoms with Crippen molar-refractivity contribution >= 4 is 21.8 Å². The van der Waals surface area contributed by atoms with Crippen molar-refractivity contribution in [3.63, 3.8) is 0 Å². The number of hydrogen-bond donors (Lipinski definition) is 2. The molecule has 1 aromatic rings. The highest BCUT2D eigenvalue weighted by Gasteiger charge is 2.59. The topological polar surface area (TPSA) is 110 Å². The number of carbonyl (C=O) groups excluding carboxylic acids is 2. The molecule has 1 fully saturated rings. The average Bonchev–Trinajstić information content (AvgIpc) is 2.44. The zero-order valence-corrected chi connectivity index (χ0v) is 12.6. The van der Waals surface area contributed by atoms with Gasteiger partial charge in [-0.2, -0.15) is 0 Å². The van der Waals surface area contributed by atoms with Crippen molar-refractivity contribution in [1.29, 1.82) is 0 Å². The zero-order chi connectivity index (χ0) is 15.8. The fourth-order valence-corrected chi connectivity index (χ4v) is 3.68. The van der Waals surface area contributed by atoms with Crippen molar-refractivity contribution in [3.05, 3.63) is 35.4 Å². The molecule has 1 aromatic carbocycles. The number of carbonyl (C=O) groups is 2. The predicted octanol–water partition coefficient (Wildman–Crippen LogP) is -0.330. The summed E-state index contributed by atoms with van der Waals surface area (Å²) in [6.07, 6.45) is 0.0259. The van der Waals surface area contributed by atoms with Crippen LogP contribution in [0.1, 0.15) is 25.0 Å². The number of nitrogens with zero attached hydrogens (tertiary/aromatic N) is 1. The maximum absolute atomic E-state index is 12.1. The Morgan fingerprint density at radius 2 is 1.86 bits per heavy atom. The molecule has 0 atom stereocenters. The van der Waals surface area contributed by atoms with Crippen molar-refractivity contribution in [3.8, 4) is 0 Å². The van der Waals surface area contributed by atoms with Crippen LogP contribution in [-0.2, 0) is 32.6 Å². The Labute approximate surface area is 123 Å². The van der Waals surface area contributed by atoms with Gasteiger partial charge in [0.15, 0.2) is 4.75 Å². The van der Waals surface area contributed by atoms with E-state index in [0.717, 1.165) is 4.31 Å². The van der Waals surface area contributed by atoms with Crippen LogP contribution in [0.2, 0.25) is 0 Å². The summed E-state index contributed by atoms with van der Waals surface area (Å²) in [4.78, 5) is 23.3. The number of hydrogen-bond acceptors (Lipinski definition) is 5. The lowest BCUT2D eigenvalue weighted by Gasteiger charge is -2.43. The summed E-state index contributed by atoms with van der Waals surface area (Å²) >= 11 is 0. The maximum atomic E-state index is 12.1. The molecule has 3 N–H and O–H groups in total.